The summed E-state index contributed by atoms with van der Waals surface area (Å²) in [7, 11) is -3.59. The summed E-state index contributed by atoms with van der Waals surface area (Å²) in [6, 6.07) is 17.7. The maximum atomic E-state index is 12.8. The largest absolute Gasteiger partial charge is 0.247 e. The molecule has 1 fully saturated rings. The predicted octanol–water partition coefficient (Wildman–Crippen LogP) is 2.45. The standard InChI is InChI=1S/C19H17N5O2S/c20-12-15-6-8-18(9-7-15)27(25,26)23-11-10-17(13-23)24-14-19(21-22-24)16-4-2-1-3-5-16/h1-9,14,17H,10-11,13H2. The second-order valence-electron chi connectivity index (χ2n) is 6.39. The Kier molecular flexibility index (Phi) is 4.48. The van der Waals surface area contributed by atoms with Crippen LogP contribution in [0.2, 0.25) is 0 Å². The minimum absolute atomic E-state index is 0.0527. The van der Waals surface area contributed by atoms with Crippen molar-refractivity contribution in [2.45, 2.75) is 17.4 Å². The van der Waals surface area contributed by atoms with Gasteiger partial charge in [-0.1, -0.05) is 35.5 Å². The van der Waals surface area contributed by atoms with Gasteiger partial charge in [0, 0.05) is 18.7 Å². The monoisotopic (exact) mass is 379 g/mol. The number of rotatable bonds is 4. The molecule has 8 heteroatoms. The van der Waals surface area contributed by atoms with Crippen LogP contribution < -0.4 is 0 Å². The summed E-state index contributed by atoms with van der Waals surface area (Å²) in [5.74, 6) is 0. The highest BCUT2D eigenvalue weighted by atomic mass is 32.2. The van der Waals surface area contributed by atoms with E-state index in [0.29, 0.717) is 25.1 Å². The second kappa shape index (κ2) is 6.95. The zero-order valence-electron chi connectivity index (χ0n) is 14.4. The topological polar surface area (TPSA) is 91.9 Å². The van der Waals surface area contributed by atoms with Gasteiger partial charge in [-0.2, -0.15) is 9.57 Å². The molecule has 27 heavy (non-hydrogen) atoms. The molecule has 136 valence electrons. The van der Waals surface area contributed by atoms with Crippen LogP contribution in [0.5, 0.6) is 0 Å². The summed E-state index contributed by atoms with van der Waals surface area (Å²) < 4.78 is 28.9. The minimum Gasteiger partial charge on any atom is -0.247 e. The molecule has 1 aromatic heterocycles. The summed E-state index contributed by atoms with van der Waals surface area (Å²) >= 11 is 0. The summed E-state index contributed by atoms with van der Waals surface area (Å²) in [4.78, 5) is 0.200. The average molecular weight is 379 g/mol. The van der Waals surface area contributed by atoms with Gasteiger partial charge in [-0.25, -0.2) is 13.1 Å². The fourth-order valence-corrected chi connectivity index (χ4v) is 4.68. The van der Waals surface area contributed by atoms with Crippen LogP contribution in [-0.2, 0) is 10.0 Å². The van der Waals surface area contributed by atoms with Crippen LogP contribution in [0.4, 0.5) is 0 Å². The van der Waals surface area contributed by atoms with Gasteiger partial charge in [0.1, 0.15) is 5.69 Å². The highest BCUT2D eigenvalue weighted by Crippen LogP contribution is 2.28. The highest BCUT2D eigenvalue weighted by Gasteiger charge is 2.34. The molecular weight excluding hydrogens is 362 g/mol. The summed E-state index contributed by atoms with van der Waals surface area (Å²) in [5.41, 5.74) is 2.18. The SMILES string of the molecule is N#Cc1ccc(S(=O)(=O)N2CCC(n3cc(-c4ccccc4)nn3)C2)cc1. The van der Waals surface area contributed by atoms with E-state index >= 15 is 0 Å². The number of hydrogen-bond acceptors (Lipinski definition) is 5. The van der Waals surface area contributed by atoms with Crippen molar-refractivity contribution in [3.05, 3.63) is 66.4 Å². The first-order valence-electron chi connectivity index (χ1n) is 8.55. The van der Waals surface area contributed by atoms with E-state index in [1.54, 1.807) is 4.68 Å². The van der Waals surface area contributed by atoms with E-state index in [9.17, 15) is 8.42 Å². The molecule has 0 saturated carbocycles. The van der Waals surface area contributed by atoms with Crippen LogP contribution in [0.25, 0.3) is 11.3 Å². The Morgan fingerprint density at radius 3 is 2.52 bits per heavy atom. The number of nitrogens with zero attached hydrogens (tertiary/aromatic N) is 5. The molecule has 2 heterocycles. The molecule has 0 N–H and O–H groups in total. The van der Waals surface area contributed by atoms with E-state index in [1.165, 1.54) is 28.6 Å². The Bertz CT molecular complexity index is 1090. The normalized spacial score (nSPS) is 17.7. The maximum Gasteiger partial charge on any atom is 0.243 e. The van der Waals surface area contributed by atoms with Crippen molar-refractivity contribution in [1.82, 2.24) is 19.3 Å². The van der Waals surface area contributed by atoms with Crippen molar-refractivity contribution in [1.29, 1.82) is 5.26 Å². The maximum absolute atomic E-state index is 12.8. The fraction of sp³-hybridized carbons (Fsp3) is 0.211. The van der Waals surface area contributed by atoms with Crippen LogP contribution in [-0.4, -0.2) is 40.8 Å². The van der Waals surface area contributed by atoms with E-state index < -0.39 is 10.0 Å². The average Bonchev–Trinajstić information content (AvgIpc) is 3.38. The first-order valence-corrected chi connectivity index (χ1v) is 9.99. The molecule has 0 spiro atoms. The number of aromatic nitrogens is 3. The summed E-state index contributed by atoms with van der Waals surface area (Å²) in [6.45, 7) is 0.771. The number of nitriles is 1. The fourth-order valence-electron chi connectivity index (χ4n) is 3.19. The molecule has 0 bridgehead atoms. The molecule has 0 radical (unpaired) electrons. The van der Waals surface area contributed by atoms with Crippen LogP contribution in [0.15, 0.2) is 65.7 Å². The lowest BCUT2D eigenvalue weighted by atomic mass is 10.2. The van der Waals surface area contributed by atoms with Gasteiger partial charge in [0.2, 0.25) is 10.0 Å². The first-order chi connectivity index (χ1) is 13.1. The van der Waals surface area contributed by atoms with Crippen molar-refractivity contribution in [2.24, 2.45) is 0 Å². The van der Waals surface area contributed by atoms with E-state index in [-0.39, 0.29) is 10.9 Å². The van der Waals surface area contributed by atoms with Crippen LogP contribution in [0.1, 0.15) is 18.0 Å². The van der Waals surface area contributed by atoms with Crippen LogP contribution >= 0.6 is 0 Å². The van der Waals surface area contributed by atoms with Gasteiger partial charge in [0.15, 0.2) is 0 Å². The van der Waals surface area contributed by atoms with Gasteiger partial charge in [-0.15, -0.1) is 5.10 Å². The molecule has 3 aromatic rings. The van der Waals surface area contributed by atoms with E-state index in [2.05, 4.69) is 10.3 Å². The summed E-state index contributed by atoms with van der Waals surface area (Å²) in [5, 5.41) is 17.3. The third kappa shape index (κ3) is 3.35. The van der Waals surface area contributed by atoms with Crippen molar-refractivity contribution in [3.63, 3.8) is 0 Å². The number of benzene rings is 2. The molecule has 1 saturated heterocycles. The lowest BCUT2D eigenvalue weighted by Gasteiger charge is -2.16. The molecule has 1 aliphatic heterocycles. The van der Waals surface area contributed by atoms with Crippen molar-refractivity contribution < 1.29 is 8.42 Å². The van der Waals surface area contributed by atoms with Gasteiger partial charge < -0.3 is 0 Å². The van der Waals surface area contributed by atoms with Gasteiger partial charge in [0.25, 0.3) is 0 Å². The van der Waals surface area contributed by atoms with Crippen molar-refractivity contribution in [2.75, 3.05) is 13.1 Å². The van der Waals surface area contributed by atoms with Gasteiger partial charge in [0.05, 0.1) is 28.8 Å². The second-order valence-corrected chi connectivity index (χ2v) is 8.33. The van der Waals surface area contributed by atoms with Crippen LogP contribution in [0, 0.1) is 11.3 Å². The quantitative estimate of drug-likeness (QED) is 0.694. The molecular formula is C19H17N5O2S. The number of sulfonamides is 1. The van der Waals surface area contributed by atoms with E-state index in [0.717, 1.165) is 11.3 Å². The molecule has 1 atom stereocenters. The van der Waals surface area contributed by atoms with Gasteiger partial charge >= 0.3 is 0 Å². The Morgan fingerprint density at radius 2 is 1.81 bits per heavy atom. The van der Waals surface area contributed by atoms with E-state index in [4.69, 9.17) is 5.26 Å². The Morgan fingerprint density at radius 1 is 1.07 bits per heavy atom. The lowest BCUT2D eigenvalue weighted by molar-refractivity contribution is 0.428. The lowest BCUT2D eigenvalue weighted by Crippen LogP contribution is -2.29. The molecule has 1 unspecified atom stereocenters. The number of hydrogen-bond donors (Lipinski definition) is 0. The van der Waals surface area contributed by atoms with Crippen molar-refractivity contribution in [3.8, 4) is 17.3 Å². The molecule has 2 aromatic carbocycles. The molecule has 1 aliphatic rings. The third-order valence-electron chi connectivity index (χ3n) is 4.70. The molecule has 7 nitrogen and oxygen atoms in total. The highest BCUT2D eigenvalue weighted by molar-refractivity contribution is 7.89. The van der Waals surface area contributed by atoms with Crippen molar-refractivity contribution >= 4 is 10.0 Å². The molecule has 0 aliphatic carbocycles. The predicted molar refractivity (Wildman–Crippen MR) is 99.0 cm³/mol. The minimum atomic E-state index is -3.59. The van der Waals surface area contributed by atoms with E-state index in [1.807, 2.05) is 42.6 Å². The summed E-state index contributed by atoms with van der Waals surface area (Å²) in [6.07, 6.45) is 2.53. The van der Waals surface area contributed by atoms with Gasteiger partial charge in [-0.3, -0.25) is 0 Å². The zero-order chi connectivity index (χ0) is 18.9. The molecule has 0 amide bonds. The first kappa shape index (κ1) is 17.4. The zero-order valence-corrected chi connectivity index (χ0v) is 15.2. The van der Waals surface area contributed by atoms with Gasteiger partial charge in [-0.05, 0) is 30.7 Å². The van der Waals surface area contributed by atoms with Crippen LogP contribution in [0.3, 0.4) is 0 Å². The third-order valence-corrected chi connectivity index (χ3v) is 6.58. The Hall–Kier alpha value is -3.02. The smallest absolute Gasteiger partial charge is 0.243 e. The Labute approximate surface area is 157 Å². The molecule has 4 rings (SSSR count). The Balaban J connectivity index is 1.51.